The standard InChI is InChI=1S/C12H11FN4O2S/c1-2-9-10(20-17-14-9)12(19)16-15-11(18)7-3-5-8(13)6-4-7/h3-6H,2H2,1H3,(H,15,18)(H,16,19). The quantitative estimate of drug-likeness (QED) is 0.836. The highest BCUT2D eigenvalue weighted by Crippen LogP contribution is 2.10. The average molecular weight is 294 g/mol. The minimum atomic E-state index is -0.533. The largest absolute Gasteiger partial charge is 0.283 e. The third kappa shape index (κ3) is 3.15. The summed E-state index contributed by atoms with van der Waals surface area (Å²) in [6.07, 6.45) is 0.575. The second-order valence-corrected chi connectivity index (χ2v) is 4.57. The summed E-state index contributed by atoms with van der Waals surface area (Å²) in [5.74, 6) is -1.45. The Balaban J connectivity index is 1.96. The molecule has 0 bridgehead atoms. The molecule has 6 nitrogen and oxygen atoms in total. The normalized spacial score (nSPS) is 10.1. The molecule has 0 aliphatic heterocycles. The van der Waals surface area contributed by atoms with Gasteiger partial charge in [-0.3, -0.25) is 20.4 Å². The fourth-order valence-electron chi connectivity index (χ4n) is 1.46. The van der Waals surface area contributed by atoms with Gasteiger partial charge in [-0.2, -0.15) is 0 Å². The van der Waals surface area contributed by atoms with Crippen molar-refractivity contribution < 1.29 is 14.0 Å². The van der Waals surface area contributed by atoms with Crippen LogP contribution >= 0.6 is 11.5 Å². The van der Waals surface area contributed by atoms with Gasteiger partial charge < -0.3 is 0 Å². The van der Waals surface area contributed by atoms with Gasteiger partial charge in [0.1, 0.15) is 10.7 Å². The van der Waals surface area contributed by atoms with Gasteiger partial charge >= 0.3 is 0 Å². The first-order chi connectivity index (χ1) is 9.61. The van der Waals surface area contributed by atoms with Crippen LogP contribution in [0.3, 0.4) is 0 Å². The molecule has 0 saturated heterocycles. The SMILES string of the molecule is CCc1nnsc1C(=O)NNC(=O)c1ccc(F)cc1. The summed E-state index contributed by atoms with van der Waals surface area (Å²) in [5.41, 5.74) is 5.33. The summed E-state index contributed by atoms with van der Waals surface area (Å²) in [6.45, 7) is 1.85. The van der Waals surface area contributed by atoms with Crippen LogP contribution in [-0.2, 0) is 6.42 Å². The van der Waals surface area contributed by atoms with Crippen LogP contribution in [-0.4, -0.2) is 21.4 Å². The number of hydrogen-bond donors (Lipinski definition) is 2. The first-order valence-electron chi connectivity index (χ1n) is 5.79. The maximum atomic E-state index is 12.7. The smallest absolute Gasteiger partial charge is 0.267 e. The number of nitrogens with zero attached hydrogens (tertiary/aromatic N) is 2. The van der Waals surface area contributed by atoms with Crippen molar-refractivity contribution >= 4 is 23.3 Å². The third-order valence-corrected chi connectivity index (χ3v) is 3.26. The van der Waals surface area contributed by atoms with Crippen LogP contribution < -0.4 is 10.9 Å². The van der Waals surface area contributed by atoms with Crippen LogP contribution in [0.25, 0.3) is 0 Å². The van der Waals surface area contributed by atoms with Crippen LogP contribution in [0, 0.1) is 5.82 Å². The summed E-state index contributed by atoms with van der Waals surface area (Å²) < 4.78 is 16.4. The summed E-state index contributed by atoms with van der Waals surface area (Å²) in [5, 5.41) is 3.80. The van der Waals surface area contributed by atoms with E-state index in [1.54, 1.807) is 0 Å². The van der Waals surface area contributed by atoms with Crippen LogP contribution in [0.5, 0.6) is 0 Å². The Kier molecular flexibility index (Phi) is 4.36. The number of amides is 2. The lowest BCUT2D eigenvalue weighted by molar-refractivity contribution is 0.0848. The molecule has 0 unspecified atom stereocenters. The van der Waals surface area contributed by atoms with Crippen LogP contribution in [0.4, 0.5) is 4.39 Å². The van der Waals surface area contributed by atoms with Gasteiger partial charge in [0.05, 0.1) is 5.69 Å². The maximum Gasteiger partial charge on any atom is 0.283 e. The zero-order valence-electron chi connectivity index (χ0n) is 10.5. The highest BCUT2D eigenvalue weighted by molar-refractivity contribution is 7.08. The molecule has 2 aromatic rings. The summed E-state index contributed by atoms with van der Waals surface area (Å²) in [4.78, 5) is 23.9. The molecular formula is C12H11FN4O2S. The molecule has 1 aromatic heterocycles. The summed E-state index contributed by atoms with van der Waals surface area (Å²) in [7, 11) is 0. The van der Waals surface area contributed by atoms with Crippen molar-refractivity contribution in [3.63, 3.8) is 0 Å². The van der Waals surface area contributed by atoms with Gasteiger partial charge in [-0.25, -0.2) is 4.39 Å². The Morgan fingerprint density at radius 2 is 1.85 bits per heavy atom. The monoisotopic (exact) mass is 294 g/mol. The summed E-state index contributed by atoms with van der Waals surface area (Å²) >= 11 is 0.958. The van der Waals surface area contributed by atoms with E-state index in [-0.39, 0.29) is 5.56 Å². The minimum Gasteiger partial charge on any atom is -0.267 e. The second-order valence-electron chi connectivity index (χ2n) is 3.82. The van der Waals surface area contributed by atoms with Gasteiger partial charge in [0, 0.05) is 5.56 Å². The zero-order valence-corrected chi connectivity index (χ0v) is 11.3. The van der Waals surface area contributed by atoms with Crippen molar-refractivity contribution in [1.82, 2.24) is 20.4 Å². The van der Waals surface area contributed by atoms with E-state index in [0.29, 0.717) is 17.0 Å². The summed E-state index contributed by atoms with van der Waals surface area (Å²) in [6, 6.07) is 4.98. The van der Waals surface area contributed by atoms with Gasteiger partial charge in [-0.05, 0) is 42.2 Å². The number of aryl methyl sites for hydroxylation is 1. The van der Waals surface area contributed by atoms with Crippen molar-refractivity contribution in [2.75, 3.05) is 0 Å². The first kappa shape index (κ1) is 14.1. The number of hydrazine groups is 1. The number of rotatable bonds is 3. The molecule has 0 aliphatic carbocycles. The van der Waals surface area contributed by atoms with Crippen molar-refractivity contribution in [3.05, 3.63) is 46.2 Å². The van der Waals surface area contributed by atoms with E-state index >= 15 is 0 Å². The lowest BCUT2D eigenvalue weighted by Gasteiger charge is -2.06. The second kappa shape index (κ2) is 6.20. The van der Waals surface area contributed by atoms with E-state index in [4.69, 9.17) is 0 Å². The Labute approximate surface area is 118 Å². The molecule has 104 valence electrons. The zero-order chi connectivity index (χ0) is 14.5. The van der Waals surface area contributed by atoms with E-state index in [9.17, 15) is 14.0 Å². The van der Waals surface area contributed by atoms with Crippen molar-refractivity contribution in [2.24, 2.45) is 0 Å². The van der Waals surface area contributed by atoms with E-state index in [2.05, 4.69) is 20.4 Å². The van der Waals surface area contributed by atoms with Crippen molar-refractivity contribution in [1.29, 1.82) is 0 Å². The molecule has 2 amide bonds. The third-order valence-electron chi connectivity index (χ3n) is 2.49. The average Bonchev–Trinajstić information content (AvgIpc) is 2.93. The number of benzene rings is 1. The number of aromatic nitrogens is 2. The predicted octanol–water partition coefficient (Wildman–Crippen LogP) is 1.31. The highest BCUT2D eigenvalue weighted by Gasteiger charge is 2.15. The molecule has 0 saturated carbocycles. The molecular weight excluding hydrogens is 283 g/mol. The Bertz CT molecular complexity index is 627. The molecule has 2 rings (SSSR count). The fraction of sp³-hybridized carbons (Fsp3) is 0.167. The van der Waals surface area contributed by atoms with Gasteiger partial charge in [-0.1, -0.05) is 11.4 Å². The van der Waals surface area contributed by atoms with Gasteiger partial charge in [-0.15, -0.1) is 5.10 Å². The molecule has 20 heavy (non-hydrogen) atoms. The molecule has 1 heterocycles. The maximum absolute atomic E-state index is 12.7. The number of carbonyl (C=O) groups is 2. The molecule has 2 N–H and O–H groups in total. The first-order valence-corrected chi connectivity index (χ1v) is 6.56. The predicted molar refractivity (Wildman–Crippen MR) is 70.6 cm³/mol. The molecule has 1 aromatic carbocycles. The number of nitrogens with one attached hydrogen (secondary N) is 2. The Morgan fingerprint density at radius 3 is 2.50 bits per heavy atom. The van der Waals surface area contributed by atoms with Crippen molar-refractivity contribution in [3.8, 4) is 0 Å². The number of hydrogen-bond acceptors (Lipinski definition) is 5. The number of halogens is 1. The highest BCUT2D eigenvalue weighted by atomic mass is 32.1. The van der Waals surface area contributed by atoms with Crippen LogP contribution in [0.2, 0.25) is 0 Å². The Morgan fingerprint density at radius 1 is 1.20 bits per heavy atom. The molecule has 8 heteroatoms. The topological polar surface area (TPSA) is 84.0 Å². The molecule has 0 spiro atoms. The lowest BCUT2D eigenvalue weighted by atomic mass is 10.2. The van der Waals surface area contributed by atoms with Gasteiger partial charge in [0.15, 0.2) is 0 Å². The van der Waals surface area contributed by atoms with Gasteiger partial charge in [0.25, 0.3) is 11.8 Å². The lowest BCUT2D eigenvalue weighted by Crippen LogP contribution is -2.41. The van der Waals surface area contributed by atoms with E-state index < -0.39 is 17.6 Å². The Hall–Kier alpha value is -2.35. The fourth-order valence-corrected chi connectivity index (χ4v) is 2.10. The number of carbonyl (C=O) groups excluding carboxylic acids is 2. The van der Waals surface area contributed by atoms with Crippen molar-refractivity contribution in [2.45, 2.75) is 13.3 Å². The molecule has 0 aliphatic rings. The molecule has 0 fully saturated rings. The van der Waals surface area contributed by atoms with E-state index in [1.165, 1.54) is 24.3 Å². The molecule has 0 radical (unpaired) electrons. The van der Waals surface area contributed by atoms with Crippen LogP contribution in [0.1, 0.15) is 32.6 Å². The molecule has 0 atom stereocenters. The van der Waals surface area contributed by atoms with Crippen LogP contribution in [0.15, 0.2) is 24.3 Å². The van der Waals surface area contributed by atoms with E-state index in [1.807, 2.05) is 6.92 Å². The van der Waals surface area contributed by atoms with E-state index in [0.717, 1.165) is 11.5 Å². The minimum absolute atomic E-state index is 0.241. The van der Waals surface area contributed by atoms with Gasteiger partial charge in [0.2, 0.25) is 0 Å².